The first kappa shape index (κ1) is 19.2. The molecule has 154 valence electrons. The summed E-state index contributed by atoms with van der Waals surface area (Å²) in [5.74, 6) is 1.77. The van der Waals surface area contributed by atoms with Crippen LogP contribution in [0.15, 0.2) is 29.3 Å². The molecule has 29 heavy (non-hydrogen) atoms. The molecule has 0 amide bonds. The zero-order chi connectivity index (χ0) is 20.7. The minimum absolute atomic E-state index is 0.191. The molecular weight excluding hydrogens is 370 g/mol. The molecule has 3 aromatic rings. The van der Waals surface area contributed by atoms with E-state index in [1.54, 1.807) is 17.8 Å². The Bertz CT molecular complexity index is 1060. The summed E-state index contributed by atoms with van der Waals surface area (Å²) < 4.78 is 10.9. The topological polar surface area (TPSA) is 91.8 Å². The van der Waals surface area contributed by atoms with Crippen LogP contribution in [0.2, 0.25) is 0 Å². The molecule has 0 saturated heterocycles. The van der Waals surface area contributed by atoms with Gasteiger partial charge in [-0.05, 0) is 24.5 Å². The number of ether oxygens (including phenoxy) is 1. The van der Waals surface area contributed by atoms with Crippen LogP contribution in [0.4, 0.5) is 5.69 Å². The van der Waals surface area contributed by atoms with E-state index in [9.17, 15) is 4.79 Å². The normalized spacial score (nSPS) is 20.7. The third kappa shape index (κ3) is 3.76. The third-order valence-electron chi connectivity index (χ3n) is 5.82. The first-order valence-corrected chi connectivity index (χ1v) is 9.77. The van der Waals surface area contributed by atoms with Crippen LogP contribution in [0, 0.1) is 18.8 Å². The molecule has 3 atom stereocenters. The van der Waals surface area contributed by atoms with Crippen LogP contribution >= 0.6 is 0 Å². The minimum atomic E-state index is -0.191. The second-order valence-electron chi connectivity index (χ2n) is 7.85. The lowest BCUT2D eigenvalue weighted by atomic mass is 10.2. The predicted molar refractivity (Wildman–Crippen MR) is 109 cm³/mol. The van der Waals surface area contributed by atoms with Crippen molar-refractivity contribution in [2.75, 3.05) is 11.9 Å². The molecule has 4 rings (SSSR count). The number of rotatable bonds is 7. The van der Waals surface area contributed by atoms with Crippen LogP contribution in [-0.4, -0.2) is 35.9 Å². The van der Waals surface area contributed by atoms with E-state index < -0.39 is 0 Å². The highest BCUT2D eigenvalue weighted by Gasteiger charge is 2.49. The fourth-order valence-corrected chi connectivity index (χ4v) is 3.87. The largest absolute Gasteiger partial charge is 0.476 e. The number of aromatic nitrogens is 6. The lowest BCUT2D eigenvalue weighted by molar-refractivity contribution is 0.273. The summed E-state index contributed by atoms with van der Waals surface area (Å²) in [6.07, 6.45) is 3.78. The summed E-state index contributed by atoms with van der Waals surface area (Å²) in [7, 11) is 5.45. The average molecular weight is 397 g/mol. The summed E-state index contributed by atoms with van der Waals surface area (Å²) in [4.78, 5) is 12.4. The molecule has 3 unspecified atom stereocenters. The van der Waals surface area contributed by atoms with Gasteiger partial charge in [-0.25, -0.2) is 4.68 Å². The Morgan fingerprint density at radius 2 is 2.00 bits per heavy atom. The Morgan fingerprint density at radius 3 is 2.66 bits per heavy atom. The van der Waals surface area contributed by atoms with Crippen LogP contribution in [0.1, 0.15) is 29.8 Å². The van der Waals surface area contributed by atoms with Gasteiger partial charge in [-0.15, -0.1) is 5.10 Å². The highest BCUT2D eigenvalue weighted by atomic mass is 16.5. The van der Waals surface area contributed by atoms with Crippen molar-refractivity contribution in [3.8, 4) is 5.88 Å². The molecule has 0 aromatic carbocycles. The fourth-order valence-electron chi connectivity index (χ4n) is 3.87. The molecule has 1 saturated carbocycles. The first-order chi connectivity index (χ1) is 13.8. The maximum atomic E-state index is 12.4. The van der Waals surface area contributed by atoms with Crippen molar-refractivity contribution in [3.05, 3.63) is 51.8 Å². The summed E-state index contributed by atoms with van der Waals surface area (Å²) >= 11 is 0. The molecule has 0 bridgehead atoms. The molecule has 3 heterocycles. The van der Waals surface area contributed by atoms with E-state index in [-0.39, 0.29) is 5.56 Å². The van der Waals surface area contributed by atoms with Crippen LogP contribution in [-0.2, 0) is 27.7 Å². The van der Waals surface area contributed by atoms with Crippen LogP contribution in [0.25, 0.3) is 0 Å². The van der Waals surface area contributed by atoms with Gasteiger partial charge in [0.1, 0.15) is 5.69 Å². The van der Waals surface area contributed by atoms with Crippen molar-refractivity contribution >= 4 is 5.69 Å². The zero-order valence-corrected chi connectivity index (χ0v) is 17.5. The van der Waals surface area contributed by atoms with Crippen molar-refractivity contribution in [2.45, 2.75) is 26.3 Å². The Morgan fingerprint density at radius 1 is 1.21 bits per heavy atom. The standard InChI is InChI=1S/C20H27N7O2/c1-12-9-22-26(4)17(12)10-21-16-8-18(24-27(5)20(16)28)29-11-14-13(2)19(14)15-6-7-25(3)23-15/h6-9,13-14,19,21H,10-11H2,1-5H3. The second kappa shape index (κ2) is 7.38. The minimum Gasteiger partial charge on any atom is -0.476 e. The highest BCUT2D eigenvalue weighted by Crippen LogP contribution is 2.53. The number of hydrogen-bond donors (Lipinski definition) is 1. The van der Waals surface area contributed by atoms with Crippen molar-refractivity contribution in [2.24, 2.45) is 33.0 Å². The van der Waals surface area contributed by atoms with E-state index in [2.05, 4.69) is 33.6 Å². The van der Waals surface area contributed by atoms with E-state index >= 15 is 0 Å². The lowest BCUT2D eigenvalue weighted by Gasteiger charge is -2.11. The molecule has 9 nitrogen and oxygen atoms in total. The van der Waals surface area contributed by atoms with Crippen molar-refractivity contribution in [1.82, 2.24) is 29.3 Å². The molecule has 1 aliphatic carbocycles. The number of anilines is 1. The molecule has 0 aliphatic heterocycles. The maximum Gasteiger partial charge on any atom is 0.290 e. The van der Waals surface area contributed by atoms with Gasteiger partial charge < -0.3 is 10.1 Å². The van der Waals surface area contributed by atoms with Gasteiger partial charge in [-0.3, -0.25) is 14.2 Å². The van der Waals surface area contributed by atoms with Gasteiger partial charge in [0.25, 0.3) is 5.56 Å². The maximum absolute atomic E-state index is 12.4. The second-order valence-corrected chi connectivity index (χ2v) is 7.85. The van der Waals surface area contributed by atoms with Crippen molar-refractivity contribution < 1.29 is 4.74 Å². The summed E-state index contributed by atoms with van der Waals surface area (Å²) in [5, 5.41) is 16.2. The van der Waals surface area contributed by atoms with Gasteiger partial charge in [-0.1, -0.05) is 6.92 Å². The van der Waals surface area contributed by atoms with Crippen molar-refractivity contribution in [3.63, 3.8) is 0 Å². The van der Waals surface area contributed by atoms with Gasteiger partial charge in [0, 0.05) is 45.2 Å². The highest BCUT2D eigenvalue weighted by molar-refractivity contribution is 5.44. The summed E-state index contributed by atoms with van der Waals surface area (Å²) in [6, 6.07) is 3.74. The molecule has 1 aliphatic rings. The van der Waals surface area contributed by atoms with E-state index in [1.807, 2.05) is 38.1 Å². The number of nitrogens with one attached hydrogen (secondary N) is 1. The summed E-state index contributed by atoms with van der Waals surface area (Å²) in [5.41, 5.74) is 3.48. The predicted octanol–water partition coefficient (Wildman–Crippen LogP) is 1.60. The van der Waals surface area contributed by atoms with Crippen LogP contribution in [0.5, 0.6) is 5.88 Å². The molecule has 1 N–H and O–H groups in total. The smallest absolute Gasteiger partial charge is 0.290 e. The number of hydrogen-bond acceptors (Lipinski definition) is 6. The lowest BCUT2D eigenvalue weighted by Crippen LogP contribution is -2.24. The van der Waals surface area contributed by atoms with Gasteiger partial charge in [0.05, 0.1) is 30.7 Å². The van der Waals surface area contributed by atoms with Crippen LogP contribution < -0.4 is 15.6 Å². The Kier molecular flexibility index (Phi) is 4.89. The van der Waals surface area contributed by atoms with E-state index in [1.165, 1.54) is 4.68 Å². The summed E-state index contributed by atoms with van der Waals surface area (Å²) in [6.45, 7) is 5.26. The quantitative estimate of drug-likeness (QED) is 0.651. The Hall–Kier alpha value is -3.10. The number of aryl methyl sites for hydroxylation is 4. The number of nitrogens with zero attached hydrogens (tertiary/aromatic N) is 6. The molecule has 1 fully saturated rings. The molecule has 3 aromatic heterocycles. The van der Waals surface area contributed by atoms with E-state index in [4.69, 9.17) is 4.74 Å². The van der Waals surface area contributed by atoms with Gasteiger partial charge in [-0.2, -0.15) is 10.2 Å². The average Bonchev–Trinajstić information content (AvgIpc) is 2.96. The van der Waals surface area contributed by atoms with E-state index in [0.717, 1.165) is 17.0 Å². The third-order valence-corrected chi connectivity index (χ3v) is 5.82. The van der Waals surface area contributed by atoms with Crippen LogP contribution in [0.3, 0.4) is 0 Å². The Labute approximate surface area is 169 Å². The Balaban J connectivity index is 1.43. The van der Waals surface area contributed by atoms with Gasteiger partial charge in [0.15, 0.2) is 0 Å². The SMILES string of the molecule is Cc1cnn(C)c1CNc1cc(OCC2C(C)C2c2ccn(C)n2)nn(C)c1=O. The fraction of sp³-hybridized carbons (Fsp3) is 0.500. The van der Waals surface area contributed by atoms with Crippen molar-refractivity contribution in [1.29, 1.82) is 0 Å². The monoisotopic (exact) mass is 397 g/mol. The van der Waals surface area contributed by atoms with Gasteiger partial charge >= 0.3 is 0 Å². The van der Waals surface area contributed by atoms with Gasteiger partial charge in [0.2, 0.25) is 5.88 Å². The molecular formula is C20H27N7O2. The molecule has 0 spiro atoms. The first-order valence-electron chi connectivity index (χ1n) is 9.77. The molecule has 9 heteroatoms. The molecule has 0 radical (unpaired) electrons. The van der Waals surface area contributed by atoms with E-state index in [0.29, 0.717) is 42.5 Å². The zero-order valence-electron chi connectivity index (χ0n) is 17.5.